The van der Waals surface area contributed by atoms with Gasteiger partial charge in [0.2, 0.25) is 5.91 Å². The van der Waals surface area contributed by atoms with Crippen molar-refractivity contribution in [2.24, 2.45) is 0 Å². The molecule has 3 aromatic rings. The van der Waals surface area contributed by atoms with Crippen LogP contribution in [-0.4, -0.2) is 28.6 Å². The minimum Gasteiger partial charge on any atom is -0.342 e. The number of halogens is 4. The summed E-state index contributed by atoms with van der Waals surface area (Å²) in [6.45, 7) is -0.525. The normalized spacial score (nSPS) is 10.6. The molecular formula is C18H12ClF3N4O2. The van der Waals surface area contributed by atoms with Gasteiger partial charge in [-0.05, 0) is 30.3 Å². The van der Waals surface area contributed by atoms with Crippen molar-refractivity contribution in [2.45, 2.75) is 0 Å². The Labute approximate surface area is 161 Å². The highest BCUT2D eigenvalue weighted by molar-refractivity contribution is 6.30. The van der Waals surface area contributed by atoms with Gasteiger partial charge in [0.25, 0.3) is 5.91 Å². The molecule has 2 amide bonds. The van der Waals surface area contributed by atoms with Crippen molar-refractivity contribution in [3.05, 3.63) is 70.6 Å². The van der Waals surface area contributed by atoms with Crippen LogP contribution in [0.2, 0.25) is 5.02 Å². The summed E-state index contributed by atoms with van der Waals surface area (Å²) in [5.41, 5.74) is 0.708. The van der Waals surface area contributed by atoms with Crippen molar-refractivity contribution >= 4 is 29.1 Å². The van der Waals surface area contributed by atoms with Gasteiger partial charge in [-0.25, -0.2) is 13.2 Å². The van der Waals surface area contributed by atoms with E-state index in [0.717, 1.165) is 6.07 Å². The van der Waals surface area contributed by atoms with Crippen LogP contribution < -0.4 is 10.6 Å². The molecule has 3 N–H and O–H groups in total. The Morgan fingerprint density at radius 2 is 1.86 bits per heavy atom. The van der Waals surface area contributed by atoms with Gasteiger partial charge >= 0.3 is 0 Å². The van der Waals surface area contributed by atoms with Crippen LogP contribution in [0.25, 0.3) is 11.3 Å². The first kappa shape index (κ1) is 19.4. The number of hydrogen-bond donors (Lipinski definition) is 3. The third-order valence-electron chi connectivity index (χ3n) is 3.66. The molecule has 0 saturated heterocycles. The van der Waals surface area contributed by atoms with Crippen LogP contribution in [0.15, 0.2) is 42.5 Å². The molecule has 1 aromatic heterocycles. The van der Waals surface area contributed by atoms with Gasteiger partial charge in [0, 0.05) is 10.6 Å². The molecule has 1 heterocycles. The molecule has 0 aliphatic heterocycles. The summed E-state index contributed by atoms with van der Waals surface area (Å²) in [5.74, 6) is -6.07. The summed E-state index contributed by atoms with van der Waals surface area (Å²) in [4.78, 5) is 23.9. The number of anilines is 1. The van der Waals surface area contributed by atoms with Gasteiger partial charge in [0.15, 0.2) is 17.5 Å². The second kappa shape index (κ2) is 8.13. The van der Waals surface area contributed by atoms with Crippen LogP contribution in [-0.2, 0) is 4.79 Å². The largest absolute Gasteiger partial charge is 0.342 e. The van der Waals surface area contributed by atoms with Crippen molar-refractivity contribution < 1.29 is 22.8 Å². The number of nitrogens with one attached hydrogen (secondary N) is 3. The summed E-state index contributed by atoms with van der Waals surface area (Å²) in [7, 11) is 0. The van der Waals surface area contributed by atoms with Crippen molar-refractivity contribution in [3.8, 4) is 11.3 Å². The van der Waals surface area contributed by atoms with Crippen LogP contribution in [0.4, 0.5) is 18.9 Å². The van der Waals surface area contributed by atoms with E-state index in [1.807, 2.05) is 5.32 Å². The standard InChI is InChI=1S/C18H12ClF3N4O2/c19-10-3-1-2-9(6-10)13-7-14(26-25-13)18(28)23-8-15(27)24-12-5-4-11(20)16(21)17(12)22/h1-7H,8H2,(H,23,28)(H,24,27)(H,25,26). The van der Waals surface area contributed by atoms with E-state index in [0.29, 0.717) is 22.3 Å². The van der Waals surface area contributed by atoms with Gasteiger partial charge in [-0.1, -0.05) is 23.7 Å². The zero-order chi connectivity index (χ0) is 20.3. The maximum absolute atomic E-state index is 13.5. The zero-order valence-electron chi connectivity index (χ0n) is 14.0. The van der Waals surface area contributed by atoms with E-state index in [9.17, 15) is 22.8 Å². The van der Waals surface area contributed by atoms with Crippen molar-refractivity contribution in [1.82, 2.24) is 15.5 Å². The minimum absolute atomic E-state index is 0.0850. The Balaban J connectivity index is 1.60. The van der Waals surface area contributed by atoms with E-state index >= 15 is 0 Å². The Morgan fingerprint density at radius 3 is 2.61 bits per heavy atom. The lowest BCUT2D eigenvalue weighted by Crippen LogP contribution is -2.33. The predicted molar refractivity (Wildman–Crippen MR) is 96.3 cm³/mol. The van der Waals surface area contributed by atoms with Crippen molar-refractivity contribution in [2.75, 3.05) is 11.9 Å². The van der Waals surface area contributed by atoms with Crippen molar-refractivity contribution in [1.29, 1.82) is 0 Å². The first-order valence-corrected chi connectivity index (χ1v) is 8.26. The number of nitrogens with zero attached hydrogens (tertiary/aromatic N) is 1. The fourth-order valence-electron chi connectivity index (χ4n) is 2.31. The Hall–Kier alpha value is -3.33. The average molecular weight is 409 g/mol. The highest BCUT2D eigenvalue weighted by atomic mass is 35.5. The zero-order valence-corrected chi connectivity index (χ0v) is 14.8. The van der Waals surface area contributed by atoms with E-state index in [1.54, 1.807) is 24.3 Å². The lowest BCUT2D eigenvalue weighted by atomic mass is 10.1. The van der Waals surface area contributed by atoms with Gasteiger partial charge in [0.1, 0.15) is 5.69 Å². The molecule has 0 saturated carbocycles. The molecule has 28 heavy (non-hydrogen) atoms. The maximum Gasteiger partial charge on any atom is 0.269 e. The minimum atomic E-state index is -1.70. The van der Waals surface area contributed by atoms with Crippen LogP contribution in [0.3, 0.4) is 0 Å². The predicted octanol–water partition coefficient (Wildman–Crippen LogP) is 3.52. The molecule has 144 valence electrons. The monoisotopic (exact) mass is 408 g/mol. The number of carbonyl (C=O) groups is 2. The number of rotatable bonds is 5. The molecule has 2 aromatic carbocycles. The first-order chi connectivity index (χ1) is 13.3. The summed E-state index contributed by atoms with van der Waals surface area (Å²) in [6.07, 6.45) is 0. The molecule has 0 fully saturated rings. The van der Waals surface area contributed by atoms with E-state index in [2.05, 4.69) is 15.5 Å². The Bertz CT molecular complexity index is 1060. The number of amides is 2. The van der Waals surface area contributed by atoms with Crippen LogP contribution in [0, 0.1) is 17.5 Å². The number of H-pyrrole nitrogens is 1. The van der Waals surface area contributed by atoms with Crippen LogP contribution in [0.5, 0.6) is 0 Å². The topological polar surface area (TPSA) is 86.9 Å². The van der Waals surface area contributed by atoms with Crippen LogP contribution in [0.1, 0.15) is 10.5 Å². The van der Waals surface area contributed by atoms with Gasteiger partial charge < -0.3 is 10.6 Å². The fraction of sp³-hybridized carbons (Fsp3) is 0.0556. The third kappa shape index (κ3) is 4.32. The highest BCUT2D eigenvalue weighted by Gasteiger charge is 2.16. The molecule has 10 heteroatoms. The first-order valence-electron chi connectivity index (χ1n) is 7.88. The van der Waals surface area contributed by atoms with E-state index in [4.69, 9.17) is 11.6 Å². The van der Waals surface area contributed by atoms with E-state index < -0.39 is 41.5 Å². The fourth-order valence-corrected chi connectivity index (χ4v) is 2.50. The molecule has 0 aliphatic carbocycles. The Morgan fingerprint density at radius 1 is 1.07 bits per heavy atom. The Kier molecular flexibility index (Phi) is 5.65. The lowest BCUT2D eigenvalue weighted by Gasteiger charge is -2.08. The van der Waals surface area contributed by atoms with E-state index in [-0.39, 0.29) is 5.69 Å². The molecular weight excluding hydrogens is 397 g/mol. The van der Waals surface area contributed by atoms with Crippen LogP contribution >= 0.6 is 11.6 Å². The van der Waals surface area contributed by atoms with Gasteiger partial charge in [-0.15, -0.1) is 0 Å². The number of hydrogen-bond acceptors (Lipinski definition) is 3. The molecule has 0 aliphatic rings. The number of carbonyl (C=O) groups excluding carboxylic acids is 2. The molecule has 0 atom stereocenters. The summed E-state index contributed by atoms with van der Waals surface area (Å²) >= 11 is 5.91. The van der Waals surface area contributed by atoms with E-state index in [1.165, 1.54) is 6.07 Å². The highest BCUT2D eigenvalue weighted by Crippen LogP contribution is 2.21. The van der Waals surface area contributed by atoms with Gasteiger partial charge in [0.05, 0.1) is 17.9 Å². The number of aromatic nitrogens is 2. The molecule has 3 rings (SSSR count). The summed E-state index contributed by atoms with van der Waals surface area (Å²) < 4.78 is 39.6. The molecule has 0 bridgehead atoms. The van der Waals surface area contributed by atoms with Gasteiger partial charge in [-0.3, -0.25) is 14.7 Å². The maximum atomic E-state index is 13.5. The van der Waals surface area contributed by atoms with Crippen molar-refractivity contribution in [3.63, 3.8) is 0 Å². The lowest BCUT2D eigenvalue weighted by molar-refractivity contribution is -0.115. The average Bonchev–Trinajstić information content (AvgIpc) is 3.17. The summed E-state index contributed by atoms with van der Waals surface area (Å²) in [5, 5.41) is 11.4. The summed E-state index contributed by atoms with van der Waals surface area (Å²) in [6, 6.07) is 9.87. The number of aromatic amines is 1. The molecule has 6 nitrogen and oxygen atoms in total. The van der Waals surface area contributed by atoms with Gasteiger partial charge in [-0.2, -0.15) is 5.10 Å². The molecule has 0 spiro atoms. The number of benzene rings is 2. The molecule has 0 radical (unpaired) electrons. The SMILES string of the molecule is O=C(CNC(=O)c1cc(-c2cccc(Cl)c2)n[nH]1)Nc1ccc(F)c(F)c1F. The second-order valence-corrected chi connectivity index (χ2v) is 6.07. The quantitative estimate of drug-likeness (QED) is 0.564. The third-order valence-corrected chi connectivity index (χ3v) is 3.90. The smallest absolute Gasteiger partial charge is 0.269 e. The molecule has 0 unspecified atom stereocenters. The second-order valence-electron chi connectivity index (χ2n) is 5.63.